The van der Waals surface area contributed by atoms with E-state index in [1.165, 1.54) is 11.1 Å². The average Bonchev–Trinajstić information content (AvgIpc) is 2.76. The summed E-state index contributed by atoms with van der Waals surface area (Å²) in [5.74, 6) is 0.874. The predicted molar refractivity (Wildman–Crippen MR) is 74.4 cm³/mol. The number of para-hydroxylation sites is 1. The Hall–Kier alpha value is -2.29. The molecule has 3 heteroatoms. The number of imidazole rings is 1. The van der Waals surface area contributed by atoms with Crippen LogP contribution >= 0.6 is 0 Å². The number of hydrogen-bond acceptors (Lipinski definition) is 2. The standard InChI is InChI=1S/C15H15N3/c1-11-6-5-7-12(2)15(11)17-13-10-18-9-4-3-8-14(18)16-13/h3-10,17H,1-2H3. The first kappa shape index (κ1) is 10.8. The molecule has 1 N–H and O–H groups in total. The van der Waals surface area contributed by atoms with Crippen molar-refractivity contribution in [3.63, 3.8) is 0 Å². The number of nitrogens with one attached hydrogen (secondary N) is 1. The number of fused-ring (bicyclic) bond motifs is 1. The van der Waals surface area contributed by atoms with Gasteiger partial charge >= 0.3 is 0 Å². The molecule has 3 aromatic rings. The number of nitrogens with zero attached hydrogens (tertiary/aromatic N) is 2. The van der Waals surface area contributed by atoms with Crippen LogP contribution in [0.5, 0.6) is 0 Å². The summed E-state index contributed by atoms with van der Waals surface area (Å²) in [6.45, 7) is 4.20. The van der Waals surface area contributed by atoms with E-state index in [1.54, 1.807) is 0 Å². The van der Waals surface area contributed by atoms with Gasteiger partial charge in [-0.3, -0.25) is 0 Å². The zero-order chi connectivity index (χ0) is 12.5. The summed E-state index contributed by atoms with van der Waals surface area (Å²) >= 11 is 0. The van der Waals surface area contributed by atoms with Crippen molar-refractivity contribution < 1.29 is 0 Å². The second-order valence-electron chi connectivity index (χ2n) is 4.48. The first-order chi connectivity index (χ1) is 8.74. The first-order valence-electron chi connectivity index (χ1n) is 6.01. The smallest absolute Gasteiger partial charge is 0.149 e. The zero-order valence-electron chi connectivity index (χ0n) is 10.5. The Kier molecular flexibility index (Phi) is 2.52. The molecule has 1 aromatic carbocycles. The molecule has 90 valence electrons. The minimum Gasteiger partial charge on any atom is -0.338 e. The summed E-state index contributed by atoms with van der Waals surface area (Å²) in [5, 5.41) is 3.40. The molecule has 0 saturated carbocycles. The van der Waals surface area contributed by atoms with Crippen molar-refractivity contribution in [3.05, 3.63) is 59.9 Å². The van der Waals surface area contributed by atoms with E-state index in [0.29, 0.717) is 0 Å². The summed E-state index contributed by atoms with van der Waals surface area (Å²) in [7, 11) is 0. The molecular weight excluding hydrogens is 222 g/mol. The van der Waals surface area contributed by atoms with Crippen LogP contribution in [-0.2, 0) is 0 Å². The maximum Gasteiger partial charge on any atom is 0.149 e. The van der Waals surface area contributed by atoms with Crippen molar-refractivity contribution in [1.82, 2.24) is 9.38 Å². The predicted octanol–water partition coefficient (Wildman–Crippen LogP) is 3.69. The minimum absolute atomic E-state index is 0.874. The summed E-state index contributed by atoms with van der Waals surface area (Å²) < 4.78 is 2.01. The van der Waals surface area contributed by atoms with Crippen LogP contribution < -0.4 is 5.32 Å². The lowest BCUT2D eigenvalue weighted by Gasteiger charge is -2.09. The Morgan fingerprint density at radius 2 is 1.78 bits per heavy atom. The molecule has 3 rings (SSSR count). The molecule has 0 atom stereocenters. The van der Waals surface area contributed by atoms with Gasteiger partial charge in [0.2, 0.25) is 0 Å². The summed E-state index contributed by atoms with van der Waals surface area (Å²) in [6.07, 6.45) is 4.00. The SMILES string of the molecule is Cc1cccc(C)c1Nc1cn2ccccc2n1. The zero-order valence-corrected chi connectivity index (χ0v) is 10.5. The molecule has 0 fully saturated rings. The highest BCUT2D eigenvalue weighted by molar-refractivity contribution is 5.65. The quantitative estimate of drug-likeness (QED) is 0.736. The van der Waals surface area contributed by atoms with Crippen molar-refractivity contribution >= 4 is 17.2 Å². The van der Waals surface area contributed by atoms with Gasteiger partial charge in [0.05, 0.1) is 6.20 Å². The van der Waals surface area contributed by atoms with Crippen LogP contribution in [-0.4, -0.2) is 9.38 Å². The Balaban J connectivity index is 2.01. The van der Waals surface area contributed by atoms with E-state index in [-0.39, 0.29) is 0 Å². The highest BCUT2D eigenvalue weighted by atomic mass is 15.1. The van der Waals surface area contributed by atoms with Gasteiger partial charge in [-0.2, -0.15) is 0 Å². The van der Waals surface area contributed by atoms with E-state index in [2.05, 4.69) is 42.3 Å². The van der Waals surface area contributed by atoms with Gasteiger partial charge in [-0.15, -0.1) is 0 Å². The third kappa shape index (κ3) is 1.84. The molecule has 2 heterocycles. The Labute approximate surface area is 106 Å². The summed E-state index contributed by atoms with van der Waals surface area (Å²) in [6, 6.07) is 12.3. The van der Waals surface area contributed by atoms with Crippen LogP contribution in [0.2, 0.25) is 0 Å². The van der Waals surface area contributed by atoms with Crippen molar-refractivity contribution in [3.8, 4) is 0 Å². The van der Waals surface area contributed by atoms with Crippen LogP contribution in [0.1, 0.15) is 11.1 Å². The van der Waals surface area contributed by atoms with Gasteiger partial charge in [0.15, 0.2) is 0 Å². The van der Waals surface area contributed by atoms with E-state index >= 15 is 0 Å². The Morgan fingerprint density at radius 1 is 1.00 bits per heavy atom. The second kappa shape index (κ2) is 4.18. The van der Waals surface area contributed by atoms with Gasteiger partial charge < -0.3 is 9.72 Å². The maximum absolute atomic E-state index is 4.54. The average molecular weight is 237 g/mol. The number of rotatable bonds is 2. The number of aromatic nitrogens is 2. The minimum atomic E-state index is 0.874. The lowest BCUT2D eigenvalue weighted by molar-refractivity contribution is 1.19. The van der Waals surface area contributed by atoms with Gasteiger partial charge in [0, 0.05) is 11.9 Å². The molecule has 0 amide bonds. The van der Waals surface area contributed by atoms with Crippen LogP contribution in [0.15, 0.2) is 48.8 Å². The number of hydrogen-bond donors (Lipinski definition) is 1. The molecule has 0 aliphatic rings. The fourth-order valence-corrected chi connectivity index (χ4v) is 2.13. The highest BCUT2D eigenvalue weighted by Gasteiger charge is 2.05. The van der Waals surface area contributed by atoms with E-state index in [4.69, 9.17) is 0 Å². The Bertz CT molecular complexity index is 645. The fourth-order valence-electron chi connectivity index (χ4n) is 2.13. The van der Waals surface area contributed by atoms with E-state index < -0.39 is 0 Å². The maximum atomic E-state index is 4.54. The molecule has 0 radical (unpaired) electrons. The molecule has 2 aromatic heterocycles. The van der Waals surface area contributed by atoms with Gasteiger partial charge in [-0.25, -0.2) is 4.98 Å². The first-order valence-corrected chi connectivity index (χ1v) is 6.01. The molecule has 0 spiro atoms. The second-order valence-corrected chi connectivity index (χ2v) is 4.48. The van der Waals surface area contributed by atoms with Crippen molar-refractivity contribution in [2.45, 2.75) is 13.8 Å². The monoisotopic (exact) mass is 237 g/mol. The lowest BCUT2D eigenvalue weighted by atomic mass is 10.1. The molecule has 0 aliphatic carbocycles. The normalized spacial score (nSPS) is 10.8. The van der Waals surface area contributed by atoms with Gasteiger partial charge in [0.25, 0.3) is 0 Å². The van der Waals surface area contributed by atoms with Gasteiger partial charge in [-0.1, -0.05) is 24.3 Å². The topological polar surface area (TPSA) is 29.3 Å². The van der Waals surface area contributed by atoms with Crippen LogP contribution in [0.4, 0.5) is 11.5 Å². The van der Waals surface area contributed by atoms with Crippen LogP contribution in [0.25, 0.3) is 5.65 Å². The summed E-state index contributed by atoms with van der Waals surface area (Å²) in [4.78, 5) is 4.54. The molecule has 0 unspecified atom stereocenters. The number of pyridine rings is 1. The number of aryl methyl sites for hydroxylation is 2. The molecule has 18 heavy (non-hydrogen) atoms. The third-order valence-corrected chi connectivity index (χ3v) is 3.10. The largest absolute Gasteiger partial charge is 0.338 e. The highest BCUT2D eigenvalue weighted by Crippen LogP contribution is 2.23. The molecule has 3 nitrogen and oxygen atoms in total. The number of anilines is 2. The fraction of sp³-hybridized carbons (Fsp3) is 0.133. The molecule has 0 aliphatic heterocycles. The van der Waals surface area contributed by atoms with Gasteiger partial charge in [-0.05, 0) is 37.1 Å². The van der Waals surface area contributed by atoms with Crippen molar-refractivity contribution in [2.24, 2.45) is 0 Å². The third-order valence-electron chi connectivity index (χ3n) is 3.10. The van der Waals surface area contributed by atoms with Crippen LogP contribution in [0, 0.1) is 13.8 Å². The lowest BCUT2D eigenvalue weighted by Crippen LogP contribution is -1.95. The molecule has 0 bridgehead atoms. The molecular formula is C15H15N3. The van der Waals surface area contributed by atoms with Crippen molar-refractivity contribution in [1.29, 1.82) is 0 Å². The van der Waals surface area contributed by atoms with E-state index in [9.17, 15) is 0 Å². The van der Waals surface area contributed by atoms with E-state index in [1.807, 2.05) is 35.0 Å². The van der Waals surface area contributed by atoms with E-state index in [0.717, 1.165) is 17.2 Å². The number of benzene rings is 1. The summed E-state index contributed by atoms with van der Waals surface area (Å²) in [5.41, 5.74) is 4.55. The molecule has 0 saturated heterocycles. The van der Waals surface area contributed by atoms with Gasteiger partial charge in [0.1, 0.15) is 11.5 Å². The Morgan fingerprint density at radius 3 is 2.50 bits per heavy atom. The van der Waals surface area contributed by atoms with Crippen LogP contribution in [0.3, 0.4) is 0 Å². The van der Waals surface area contributed by atoms with Crippen molar-refractivity contribution in [2.75, 3.05) is 5.32 Å².